The molecule has 0 aliphatic heterocycles. The van der Waals surface area contributed by atoms with Gasteiger partial charge in [-0.2, -0.15) is 0 Å². The minimum atomic E-state index is -0.0246. The topological polar surface area (TPSA) is 110 Å². The van der Waals surface area contributed by atoms with Crippen molar-refractivity contribution in [3.05, 3.63) is 101 Å². The second-order valence-electron chi connectivity index (χ2n) is 8.27. The first-order valence-corrected chi connectivity index (χ1v) is 11.0. The van der Waals surface area contributed by atoms with Crippen molar-refractivity contribution in [2.45, 2.75) is 25.7 Å². The van der Waals surface area contributed by atoms with E-state index < -0.39 is 0 Å². The molecule has 0 atom stereocenters. The van der Waals surface area contributed by atoms with E-state index in [1.165, 1.54) is 12.1 Å². The average molecular weight is 459 g/mol. The Morgan fingerprint density at radius 2 is 1.03 bits per heavy atom. The lowest BCUT2D eigenvalue weighted by atomic mass is 10.0. The van der Waals surface area contributed by atoms with Crippen LogP contribution in [-0.2, 0) is 25.7 Å². The Morgan fingerprint density at radius 3 is 1.71 bits per heavy atom. The molecule has 4 rings (SSSR count). The minimum Gasteiger partial charge on any atom is -0.508 e. The molecule has 6 heteroatoms. The molecule has 34 heavy (non-hydrogen) atoms. The van der Waals surface area contributed by atoms with Gasteiger partial charge in [0.05, 0.1) is 0 Å². The average Bonchev–Trinajstić information content (AvgIpc) is 2.77. The van der Waals surface area contributed by atoms with Gasteiger partial charge in [0, 0.05) is 12.1 Å². The fraction of sp³-hybridized carbons (Fsp3) is 0.143. The predicted octanol–water partition coefficient (Wildman–Crippen LogP) is 5.58. The van der Waals surface area contributed by atoms with Crippen LogP contribution in [0.15, 0.2) is 78.9 Å². The zero-order valence-corrected chi connectivity index (χ0v) is 18.5. The van der Waals surface area contributed by atoms with Crippen LogP contribution in [0, 0.1) is 0 Å². The summed E-state index contributed by atoms with van der Waals surface area (Å²) in [6.07, 6.45) is 2.51. The van der Waals surface area contributed by atoms with Gasteiger partial charge in [-0.1, -0.05) is 18.2 Å². The fourth-order valence-electron chi connectivity index (χ4n) is 3.86. The third-order valence-corrected chi connectivity index (χ3v) is 5.48. The number of phenolic OH excluding ortho intramolecular Hbond substituents is 5. The molecule has 174 valence electrons. The van der Waals surface area contributed by atoms with Crippen LogP contribution in [0.1, 0.15) is 22.3 Å². The van der Waals surface area contributed by atoms with Gasteiger partial charge in [0.25, 0.3) is 0 Å². The SMILES string of the molecule is Oc1cccc(CCc2cc(O)cc(Oc3cc(CCc4cc(O)cc(O)c4)ccc3O)c2)c1. The Morgan fingerprint density at radius 1 is 0.471 bits per heavy atom. The lowest BCUT2D eigenvalue weighted by Gasteiger charge is -2.12. The third-order valence-electron chi connectivity index (χ3n) is 5.48. The molecule has 0 aliphatic rings. The molecule has 0 unspecified atom stereocenters. The number of phenols is 5. The van der Waals surface area contributed by atoms with E-state index >= 15 is 0 Å². The first kappa shape index (κ1) is 22.9. The van der Waals surface area contributed by atoms with Crippen LogP contribution in [0.4, 0.5) is 0 Å². The highest BCUT2D eigenvalue weighted by Gasteiger charge is 2.09. The molecule has 0 aromatic heterocycles. The van der Waals surface area contributed by atoms with Crippen molar-refractivity contribution in [2.24, 2.45) is 0 Å². The first-order valence-electron chi connectivity index (χ1n) is 11.0. The molecule has 0 saturated carbocycles. The molecule has 0 saturated heterocycles. The second kappa shape index (κ2) is 10.1. The van der Waals surface area contributed by atoms with Crippen molar-refractivity contribution in [3.63, 3.8) is 0 Å². The number of aromatic hydroxyl groups is 5. The number of ether oxygens (including phenoxy) is 1. The van der Waals surface area contributed by atoms with Crippen molar-refractivity contribution >= 4 is 0 Å². The zero-order valence-electron chi connectivity index (χ0n) is 18.5. The fourth-order valence-corrected chi connectivity index (χ4v) is 3.86. The summed E-state index contributed by atoms with van der Waals surface area (Å²) in [5.74, 6) is 0.929. The van der Waals surface area contributed by atoms with Gasteiger partial charge in [-0.15, -0.1) is 0 Å². The first-order chi connectivity index (χ1) is 16.3. The number of benzene rings is 4. The second-order valence-corrected chi connectivity index (χ2v) is 8.27. The Kier molecular flexibility index (Phi) is 6.78. The van der Waals surface area contributed by atoms with Crippen LogP contribution in [0.25, 0.3) is 0 Å². The largest absolute Gasteiger partial charge is 0.508 e. The van der Waals surface area contributed by atoms with E-state index in [0.29, 0.717) is 31.4 Å². The van der Waals surface area contributed by atoms with Crippen LogP contribution in [0.3, 0.4) is 0 Å². The maximum Gasteiger partial charge on any atom is 0.169 e. The highest BCUT2D eigenvalue weighted by atomic mass is 16.5. The number of rotatable bonds is 8. The number of hydrogen-bond acceptors (Lipinski definition) is 6. The molecule has 5 N–H and O–H groups in total. The quantitative estimate of drug-likeness (QED) is 0.236. The van der Waals surface area contributed by atoms with Crippen molar-refractivity contribution in [2.75, 3.05) is 0 Å². The molecule has 0 bridgehead atoms. The van der Waals surface area contributed by atoms with E-state index in [-0.39, 0.29) is 34.5 Å². The van der Waals surface area contributed by atoms with Crippen molar-refractivity contribution in [3.8, 4) is 40.2 Å². The Bertz CT molecular complexity index is 1280. The van der Waals surface area contributed by atoms with Crippen LogP contribution in [0.2, 0.25) is 0 Å². The maximum atomic E-state index is 10.3. The van der Waals surface area contributed by atoms with Gasteiger partial charge in [0.15, 0.2) is 11.5 Å². The van der Waals surface area contributed by atoms with Gasteiger partial charge in [-0.05, 0) is 96.5 Å². The molecule has 0 radical (unpaired) electrons. The molecule has 4 aromatic carbocycles. The predicted molar refractivity (Wildman–Crippen MR) is 129 cm³/mol. The summed E-state index contributed by atoms with van der Waals surface area (Å²) < 4.78 is 5.90. The summed E-state index contributed by atoms with van der Waals surface area (Å²) in [5.41, 5.74) is 3.53. The molecule has 0 amide bonds. The molecule has 0 aliphatic carbocycles. The Labute approximate surface area is 197 Å². The Hall–Kier alpha value is -4.32. The number of aryl methyl sites for hydroxylation is 4. The highest BCUT2D eigenvalue weighted by Crippen LogP contribution is 2.34. The molecule has 4 aromatic rings. The van der Waals surface area contributed by atoms with Gasteiger partial charge in [0.1, 0.15) is 28.7 Å². The van der Waals surface area contributed by atoms with Crippen LogP contribution >= 0.6 is 0 Å². The minimum absolute atomic E-state index is 0.00786. The summed E-state index contributed by atoms with van der Waals surface area (Å²) in [7, 11) is 0. The van der Waals surface area contributed by atoms with E-state index in [2.05, 4.69) is 0 Å². The van der Waals surface area contributed by atoms with Crippen molar-refractivity contribution in [1.82, 2.24) is 0 Å². The van der Waals surface area contributed by atoms with E-state index in [1.807, 2.05) is 12.1 Å². The summed E-state index contributed by atoms with van der Waals surface area (Å²) >= 11 is 0. The van der Waals surface area contributed by atoms with Crippen molar-refractivity contribution < 1.29 is 30.3 Å². The van der Waals surface area contributed by atoms with Gasteiger partial charge >= 0.3 is 0 Å². The van der Waals surface area contributed by atoms with Crippen LogP contribution in [-0.4, -0.2) is 25.5 Å². The lowest BCUT2D eigenvalue weighted by molar-refractivity contribution is 0.406. The van der Waals surface area contributed by atoms with Crippen LogP contribution < -0.4 is 4.74 Å². The molecular weight excluding hydrogens is 432 g/mol. The molecule has 0 fully saturated rings. The normalized spacial score (nSPS) is 10.8. The monoisotopic (exact) mass is 458 g/mol. The molecule has 0 spiro atoms. The van der Waals surface area contributed by atoms with E-state index in [9.17, 15) is 25.5 Å². The van der Waals surface area contributed by atoms with E-state index in [0.717, 1.165) is 22.3 Å². The number of hydrogen-bond donors (Lipinski definition) is 5. The highest BCUT2D eigenvalue weighted by molar-refractivity contribution is 5.47. The van der Waals surface area contributed by atoms with Gasteiger partial charge in [-0.25, -0.2) is 0 Å². The van der Waals surface area contributed by atoms with E-state index in [4.69, 9.17) is 4.74 Å². The maximum absolute atomic E-state index is 10.3. The van der Waals surface area contributed by atoms with Crippen molar-refractivity contribution in [1.29, 1.82) is 0 Å². The third kappa shape index (κ3) is 6.13. The smallest absolute Gasteiger partial charge is 0.169 e. The standard InChI is InChI=1S/C28H26O6/c29-22-3-1-2-18(10-22)4-7-21-13-25(32)17-26(14-21)34-28-15-19(8-9-27(28)33)5-6-20-11-23(30)16-24(31)12-20/h1-3,8-17,29-33H,4-7H2. The lowest BCUT2D eigenvalue weighted by Crippen LogP contribution is -1.95. The van der Waals surface area contributed by atoms with Gasteiger partial charge in [-0.3, -0.25) is 0 Å². The summed E-state index contributed by atoms with van der Waals surface area (Å²) in [5, 5.41) is 49.4. The van der Waals surface area contributed by atoms with Gasteiger partial charge < -0.3 is 30.3 Å². The molecular formula is C28H26O6. The molecule has 6 nitrogen and oxygen atoms in total. The molecule has 0 heterocycles. The summed E-state index contributed by atoms with van der Waals surface area (Å²) in [6.45, 7) is 0. The zero-order chi connectivity index (χ0) is 24.1. The summed E-state index contributed by atoms with van der Waals surface area (Å²) in [6, 6.07) is 21.6. The van der Waals surface area contributed by atoms with Gasteiger partial charge in [0.2, 0.25) is 0 Å². The Balaban J connectivity index is 1.46. The van der Waals surface area contributed by atoms with E-state index in [1.54, 1.807) is 54.6 Å². The van der Waals surface area contributed by atoms with Crippen LogP contribution in [0.5, 0.6) is 40.2 Å². The summed E-state index contributed by atoms with van der Waals surface area (Å²) in [4.78, 5) is 0.